The number of nitrogens with one attached hydrogen (secondary N) is 1. The Balaban J connectivity index is 1.64. The van der Waals surface area contributed by atoms with Crippen LogP contribution in [0.4, 0.5) is 5.88 Å². The fourth-order valence-corrected chi connectivity index (χ4v) is 3.76. The average molecular weight is 348 g/mol. The SMILES string of the molecule is C/N=C/C(C)(C)c1cc(NC(=O)[C@@H]2CCCN2C2CCOCC2)on1. The number of hydrogen-bond acceptors (Lipinski definition) is 6. The molecule has 3 heterocycles. The second kappa shape index (κ2) is 7.66. The van der Waals surface area contributed by atoms with Crippen molar-refractivity contribution >= 4 is 18.0 Å². The number of rotatable bonds is 5. The summed E-state index contributed by atoms with van der Waals surface area (Å²) in [6.07, 6.45) is 5.76. The average Bonchev–Trinajstić information content (AvgIpc) is 3.25. The van der Waals surface area contributed by atoms with E-state index < -0.39 is 0 Å². The Morgan fingerprint density at radius 1 is 1.40 bits per heavy atom. The molecule has 0 aliphatic carbocycles. The third-order valence-corrected chi connectivity index (χ3v) is 5.13. The molecule has 138 valence electrons. The highest BCUT2D eigenvalue weighted by Gasteiger charge is 2.36. The van der Waals surface area contributed by atoms with Crippen molar-refractivity contribution in [2.75, 3.05) is 32.1 Å². The number of anilines is 1. The second-order valence-electron chi connectivity index (χ2n) is 7.41. The maximum Gasteiger partial charge on any atom is 0.244 e. The Labute approximate surface area is 148 Å². The van der Waals surface area contributed by atoms with Gasteiger partial charge in [-0.25, -0.2) is 0 Å². The van der Waals surface area contributed by atoms with E-state index in [1.54, 1.807) is 13.1 Å². The van der Waals surface area contributed by atoms with Crippen molar-refractivity contribution in [2.24, 2.45) is 4.99 Å². The zero-order valence-electron chi connectivity index (χ0n) is 15.3. The van der Waals surface area contributed by atoms with E-state index in [0.717, 1.165) is 51.1 Å². The molecule has 7 heteroatoms. The minimum absolute atomic E-state index is 0.00587. The van der Waals surface area contributed by atoms with Crippen LogP contribution in [0.15, 0.2) is 15.6 Å². The number of amides is 1. The maximum absolute atomic E-state index is 12.8. The summed E-state index contributed by atoms with van der Waals surface area (Å²) < 4.78 is 10.8. The van der Waals surface area contributed by atoms with E-state index in [1.807, 2.05) is 20.1 Å². The van der Waals surface area contributed by atoms with Crippen LogP contribution in [0.1, 0.15) is 45.2 Å². The highest BCUT2D eigenvalue weighted by molar-refractivity contribution is 5.94. The van der Waals surface area contributed by atoms with Crippen LogP contribution in [0.2, 0.25) is 0 Å². The van der Waals surface area contributed by atoms with Crippen molar-refractivity contribution in [2.45, 2.75) is 57.0 Å². The first kappa shape index (κ1) is 18.1. The number of ether oxygens (including phenoxy) is 1. The van der Waals surface area contributed by atoms with Crippen LogP contribution >= 0.6 is 0 Å². The molecule has 1 aromatic heterocycles. The third-order valence-electron chi connectivity index (χ3n) is 5.13. The number of carbonyl (C=O) groups excluding carboxylic acids is 1. The topological polar surface area (TPSA) is 80.0 Å². The maximum atomic E-state index is 12.8. The molecule has 1 atom stereocenters. The van der Waals surface area contributed by atoms with Gasteiger partial charge >= 0.3 is 0 Å². The first-order chi connectivity index (χ1) is 12.0. The van der Waals surface area contributed by atoms with Gasteiger partial charge in [-0.3, -0.25) is 20.0 Å². The van der Waals surface area contributed by atoms with E-state index in [-0.39, 0.29) is 17.4 Å². The molecule has 2 aliphatic heterocycles. The Morgan fingerprint density at radius 2 is 2.16 bits per heavy atom. The van der Waals surface area contributed by atoms with Gasteiger partial charge in [0.25, 0.3) is 0 Å². The fraction of sp³-hybridized carbons (Fsp3) is 0.722. The Bertz CT molecular complexity index is 620. The van der Waals surface area contributed by atoms with Crippen molar-refractivity contribution in [3.05, 3.63) is 11.8 Å². The van der Waals surface area contributed by atoms with Gasteiger partial charge in [0.1, 0.15) is 0 Å². The molecular formula is C18H28N4O3. The van der Waals surface area contributed by atoms with Gasteiger partial charge in [-0.15, -0.1) is 0 Å². The lowest BCUT2D eigenvalue weighted by molar-refractivity contribution is -0.121. The lowest BCUT2D eigenvalue weighted by Crippen LogP contribution is -2.47. The van der Waals surface area contributed by atoms with Crippen LogP contribution in [0, 0.1) is 0 Å². The van der Waals surface area contributed by atoms with Crippen LogP contribution in [0.25, 0.3) is 0 Å². The largest absolute Gasteiger partial charge is 0.381 e. The molecule has 3 rings (SSSR count). The number of aliphatic imine (C=N–C) groups is 1. The molecule has 2 fully saturated rings. The number of nitrogens with zero attached hydrogens (tertiary/aromatic N) is 3. The zero-order chi connectivity index (χ0) is 17.9. The lowest BCUT2D eigenvalue weighted by atomic mass is 9.91. The molecular weight excluding hydrogens is 320 g/mol. The summed E-state index contributed by atoms with van der Waals surface area (Å²) in [5.74, 6) is 0.394. The summed E-state index contributed by atoms with van der Waals surface area (Å²) in [4.78, 5) is 19.2. The van der Waals surface area contributed by atoms with Crippen molar-refractivity contribution in [3.8, 4) is 0 Å². The van der Waals surface area contributed by atoms with E-state index in [2.05, 4.69) is 20.4 Å². The summed E-state index contributed by atoms with van der Waals surface area (Å²) >= 11 is 0. The van der Waals surface area contributed by atoms with Gasteiger partial charge in [-0.2, -0.15) is 0 Å². The highest BCUT2D eigenvalue weighted by atomic mass is 16.5. The highest BCUT2D eigenvalue weighted by Crippen LogP contribution is 2.27. The van der Waals surface area contributed by atoms with Crippen molar-refractivity contribution in [3.63, 3.8) is 0 Å². The Kier molecular flexibility index (Phi) is 5.54. The zero-order valence-corrected chi connectivity index (χ0v) is 15.3. The summed E-state index contributed by atoms with van der Waals surface area (Å²) in [7, 11) is 1.73. The number of aromatic nitrogens is 1. The van der Waals surface area contributed by atoms with Crippen molar-refractivity contribution in [1.29, 1.82) is 0 Å². The molecule has 0 bridgehead atoms. The van der Waals surface area contributed by atoms with Gasteiger partial charge in [0.05, 0.1) is 11.7 Å². The Morgan fingerprint density at radius 3 is 2.88 bits per heavy atom. The fourth-order valence-electron chi connectivity index (χ4n) is 3.76. The van der Waals surface area contributed by atoms with Gasteiger partial charge in [-0.05, 0) is 46.1 Å². The second-order valence-corrected chi connectivity index (χ2v) is 7.41. The molecule has 0 radical (unpaired) electrons. The van der Waals surface area contributed by atoms with Crippen molar-refractivity contribution in [1.82, 2.24) is 10.1 Å². The molecule has 0 aromatic carbocycles. The van der Waals surface area contributed by atoms with Gasteiger partial charge in [0, 0.05) is 44.0 Å². The quantitative estimate of drug-likeness (QED) is 0.826. The standard InChI is InChI=1S/C18H28N4O3/c1-18(2,12-19-3)15-11-16(25-21-15)20-17(23)14-5-4-8-22(14)13-6-9-24-10-7-13/h11-14H,4-10H2,1-3H3,(H,20,23)/b19-12+/t14-/m0/s1. The van der Waals surface area contributed by atoms with Crippen LogP contribution < -0.4 is 5.32 Å². The van der Waals surface area contributed by atoms with E-state index in [0.29, 0.717) is 11.9 Å². The molecule has 7 nitrogen and oxygen atoms in total. The summed E-state index contributed by atoms with van der Waals surface area (Å²) in [6.45, 7) is 6.56. The van der Waals surface area contributed by atoms with Crippen LogP contribution in [0.3, 0.4) is 0 Å². The summed E-state index contributed by atoms with van der Waals surface area (Å²) in [5.41, 5.74) is 0.420. The first-order valence-electron chi connectivity index (χ1n) is 9.06. The van der Waals surface area contributed by atoms with Gasteiger partial charge < -0.3 is 9.26 Å². The molecule has 0 unspecified atom stereocenters. The summed E-state index contributed by atoms with van der Waals surface area (Å²) in [5, 5.41) is 6.99. The molecule has 2 saturated heterocycles. The van der Waals surface area contributed by atoms with E-state index >= 15 is 0 Å². The number of hydrogen-bond donors (Lipinski definition) is 1. The monoisotopic (exact) mass is 348 g/mol. The van der Waals surface area contributed by atoms with Crippen LogP contribution in [-0.2, 0) is 14.9 Å². The first-order valence-corrected chi connectivity index (χ1v) is 9.06. The minimum atomic E-state index is -0.331. The summed E-state index contributed by atoms with van der Waals surface area (Å²) in [6, 6.07) is 2.13. The predicted octanol–water partition coefficient (Wildman–Crippen LogP) is 2.23. The number of carbonyl (C=O) groups is 1. The minimum Gasteiger partial charge on any atom is -0.381 e. The number of likely N-dealkylation sites (tertiary alicyclic amines) is 1. The predicted molar refractivity (Wildman–Crippen MR) is 96.1 cm³/mol. The van der Waals surface area contributed by atoms with E-state index in [9.17, 15) is 4.79 Å². The van der Waals surface area contributed by atoms with Crippen LogP contribution in [0.5, 0.6) is 0 Å². The van der Waals surface area contributed by atoms with Crippen molar-refractivity contribution < 1.29 is 14.1 Å². The van der Waals surface area contributed by atoms with E-state index in [4.69, 9.17) is 9.26 Å². The smallest absolute Gasteiger partial charge is 0.244 e. The van der Waals surface area contributed by atoms with Gasteiger partial charge in [0.2, 0.25) is 11.8 Å². The normalized spacial score (nSPS) is 23.4. The molecule has 25 heavy (non-hydrogen) atoms. The molecule has 1 N–H and O–H groups in total. The van der Waals surface area contributed by atoms with Crippen LogP contribution in [-0.4, -0.2) is 61.1 Å². The molecule has 1 aromatic rings. The van der Waals surface area contributed by atoms with Gasteiger partial charge in [-0.1, -0.05) is 5.16 Å². The molecule has 2 aliphatic rings. The molecule has 0 spiro atoms. The lowest BCUT2D eigenvalue weighted by Gasteiger charge is -2.34. The molecule has 0 saturated carbocycles. The molecule has 1 amide bonds. The van der Waals surface area contributed by atoms with E-state index in [1.165, 1.54) is 0 Å². The third kappa shape index (κ3) is 4.10. The van der Waals surface area contributed by atoms with Gasteiger partial charge in [0.15, 0.2) is 0 Å². The Hall–Kier alpha value is -1.73.